The molecule has 0 amide bonds. The molecule has 2 aromatic carbocycles. The quantitative estimate of drug-likeness (QED) is 0.751. The van der Waals surface area contributed by atoms with Crippen molar-refractivity contribution in [3.05, 3.63) is 75.5 Å². The maximum absolute atomic E-state index is 13.3. The number of hydroxylamine groups is 2. The molecule has 0 unspecified atom stereocenters. The van der Waals surface area contributed by atoms with Crippen molar-refractivity contribution in [2.24, 2.45) is 0 Å². The van der Waals surface area contributed by atoms with Gasteiger partial charge in [0.2, 0.25) is 0 Å². The van der Waals surface area contributed by atoms with Crippen molar-refractivity contribution in [2.45, 2.75) is 25.9 Å². The smallest absolute Gasteiger partial charge is 0.306 e. The average molecular weight is 354 g/mol. The molecule has 1 heterocycles. The van der Waals surface area contributed by atoms with Crippen molar-refractivity contribution in [3.8, 4) is 11.5 Å². The Labute approximate surface area is 152 Å². The summed E-state index contributed by atoms with van der Waals surface area (Å²) in [4.78, 5) is 13.3. The number of methoxy groups -OCH3 is 2. The molecule has 6 heteroatoms. The molecule has 0 radical (unpaired) electrons. The standard InChI is InChI=1S/C20H22N2O4/c1-5-16-19(14-9-7-6-8-10-14)22(24)20(2,21(16)23)15-11-12-17(25-3)18(13-15)26-4/h6-13H,5H2,1-4H3/t20-/m1/s1. The van der Waals surface area contributed by atoms with E-state index in [1.54, 1.807) is 32.2 Å². The van der Waals surface area contributed by atoms with E-state index in [9.17, 15) is 10.1 Å². The van der Waals surface area contributed by atoms with Crippen LogP contribution in [0, 0.1) is 10.1 Å². The van der Waals surface area contributed by atoms with E-state index in [1.807, 2.05) is 37.3 Å². The highest BCUT2D eigenvalue weighted by atomic mass is 16.5. The fourth-order valence-corrected chi connectivity index (χ4v) is 3.33. The maximum atomic E-state index is 13.3. The number of hydrogen-bond donors (Lipinski definition) is 0. The van der Waals surface area contributed by atoms with Gasteiger partial charge in [0.1, 0.15) is 0 Å². The third-order valence-corrected chi connectivity index (χ3v) is 4.83. The molecule has 136 valence electrons. The van der Waals surface area contributed by atoms with Crippen molar-refractivity contribution < 1.29 is 14.2 Å². The SMILES string of the molecule is CCC1=C(c2ccccc2)[N+](=O)[C@](C)(c2ccc(OC)c(OC)c2)N1[O-]. The average Bonchev–Trinajstić information content (AvgIpc) is 2.89. The van der Waals surface area contributed by atoms with Crippen LogP contribution in [0.4, 0.5) is 0 Å². The Kier molecular flexibility index (Phi) is 4.70. The molecular weight excluding hydrogens is 332 g/mol. The molecule has 26 heavy (non-hydrogen) atoms. The summed E-state index contributed by atoms with van der Waals surface area (Å²) in [6.45, 7) is 3.50. The zero-order chi connectivity index (χ0) is 18.9. The molecule has 0 aromatic heterocycles. The maximum Gasteiger partial charge on any atom is 0.306 e. The summed E-state index contributed by atoms with van der Waals surface area (Å²) in [7, 11) is 3.06. The summed E-state index contributed by atoms with van der Waals surface area (Å²) in [5.74, 6) is 1.01. The Balaban J connectivity index is 2.14. The lowest BCUT2D eigenvalue weighted by Gasteiger charge is -2.36. The van der Waals surface area contributed by atoms with E-state index in [2.05, 4.69) is 0 Å². The van der Waals surface area contributed by atoms with Gasteiger partial charge < -0.3 is 19.7 Å². The Morgan fingerprint density at radius 2 is 1.73 bits per heavy atom. The summed E-state index contributed by atoms with van der Waals surface area (Å²) < 4.78 is 11.4. The molecule has 1 atom stereocenters. The zero-order valence-electron chi connectivity index (χ0n) is 15.4. The lowest BCUT2D eigenvalue weighted by Crippen LogP contribution is -2.41. The number of ether oxygens (including phenoxy) is 2. The minimum Gasteiger partial charge on any atom is -0.753 e. The van der Waals surface area contributed by atoms with E-state index in [0.29, 0.717) is 34.9 Å². The van der Waals surface area contributed by atoms with Crippen LogP contribution < -0.4 is 9.47 Å². The predicted molar refractivity (Wildman–Crippen MR) is 99.4 cm³/mol. The van der Waals surface area contributed by atoms with Gasteiger partial charge in [0, 0.05) is 11.8 Å². The van der Waals surface area contributed by atoms with Gasteiger partial charge in [-0.2, -0.15) is 0 Å². The zero-order valence-corrected chi connectivity index (χ0v) is 15.4. The summed E-state index contributed by atoms with van der Waals surface area (Å²) in [6.07, 6.45) is 0.454. The first-order valence-corrected chi connectivity index (χ1v) is 8.44. The largest absolute Gasteiger partial charge is 0.753 e. The number of nitroso groups, excluding NO2 is 1. The van der Waals surface area contributed by atoms with Crippen LogP contribution in [0.15, 0.2) is 54.2 Å². The third-order valence-electron chi connectivity index (χ3n) is 4.83. The number of allylic oxidation sites excluding steroid dienone is 1. The van der Waals surface area contributed by atoms with Gasteiger partial charge in [-0.3, -0.25) is 0 Å². The molecular formula is C20H22N2O4. The Bertz CT molecular complexity index is 863. The number of nitrogens with zero attached hydrogens (tertiary/aromatic N) is 2. The summed E-state index contributed by atoms with van der Waals surface area (Å²) in [6, 6.07) is 14.4. The first kappa shape index (κ1) is 17.9. The fraction of sp³-hybridized carbons (Fsp3) is 0.300. The molecule has 0 fully saturated rings. The number of benzene rings is 2. The van der Waals surface area contributed by atoms with Gasteiger partial charge in [-0.15, -0.1) is 0 Å². The van der Waals surface area contributed by atoms with Crippen LogP contribution >= 0.6 is 0 Å². The molecule has 6 nitrogen and oxygen atoms in total. The van der Waals surface area contributed by atoms with Crippen LogP contribution in [-0.2, 0) is 5.66 Å². The van der Waals surface area contributed by atoms with E-state index in [0.717, 1.165) is 15.4 Å². The van der Waals surface area contributed by atoms with Gasteiger partial charge in [0.05, 0.1) is 35.8 Å². The van der Waals surface area contributed by atoms with Gasteiger partial charge in [0.25, 0.3) is 5.70 Å². The molecule has 0 N–H and O–H groups in total. The molecule has 2 aromatic rings. The minimum absolute atomic E-state index is 0.403. The van der Waals surface area contributed by atoms with Crippen LogP contribution in [0.1, 0.15) is 31.4 Å². The summed E-state index contributed by atoms with van der Waals surface area (Å²) in [5.41, 5.74) is 0.709. The van der Waals surface area contributed by atoms with Crippen LogP contribution in [0.2, 0.25) is 0 Å². The van der Waals surface area contributed by atoms with E-state index >= 15 is 0 Å². The second kappa shape index (κ2) is 6.80. The molecule has 1 aliphatic heterocycles. The summed E-state index contributed by atoms with van der Waals surface area (Å²) in [5, 5.41) is 14.0. The van der Waals surface area contributed by atoms with Crippen molar-refractivity contribution in [1.29, 1.82) is 0 Å². The van der Waals surface area contributed by atoms with Gasteiger partial charge in [-0.1, -0.05) is 25.1 Å². The van der Waals surface area contributed by atoms with Crippen LogP contribution in [0.25, 0.3) is 5.70 Å². The van der Waals surface area contributed by atoms with E-state index in [-0.39, 0.29) is 0 Å². The third kappa shape index (κ3) is 2.54. The van der Waals surface area contributed by atoms with E-state index < -0.39 is 5.66 Å². The molecule has 0 aliphatic carbocycles. The number of rotatable bonds is 5. The first-order valence-electron chi connectivity index (χ1n) is 8.44. The molecule has 3 rings (SSSR count). The van der Waals surface area contributed by atoms with Crippen molar-refractivity contribution >= 4 is 5.70 Å². The van der Waals surface area contributed by atoms with Crippen LogP contribution in [-0.4, -0.2) is 24.0 Å². The second-order valence-electron chi connectivity index (χ2n) is 6.19. The highest BCUT2D eigenvalue weighted by molar-refractivity contribution is 5.64. The summed E-state index contributed by atoms with van der Waals surface area (Å²) >= 11 is 0. The first-order chi connectivity index (χ1) is 12.5. The topological polar surface area (TPSA) is 64.8 Å². The van der Waals surface area contributed by atoms with E-state index in [1.165, 1.54) is 7.11 Å². The molecule has 1 aliphatic rings. The molecule has 0 spiro atoms. The molecule has 0 saturated carbocycles. The van der Waals surface area contributed by atoms with E-state index in [4.69, 9.17) is 9.47 Å². The highest BCUT2D eigenvalue weighted by Crippen LogP contribution is 2.46. The molecule has 0 saturated heterocycles. The monoisotopic (exact) mass is 354 g/mol. The van der Waals surface area contributed by atoms with Crippen molar-refractivity contribution in [2.75, 3.05) is 14.2 Å². The van der Waals surface area contributed by atoms with Gasteiger partial charge >= 0.3 is 5.66 Å². The van der Waals surface area contributed by atoms with Gasteiger partial charge in [0.15, 0.2) is 11.5 Å². The minimum atomic E-state index is -1.42. The fourth-order valence-electron chi connectivity index (χ4n) is 3.33. The Morgan fingerprint density at radius 3 is 2.31 bits per heavy atom. The number of hydrogen-bond acceptors (Lipinski definition) is 5. The van der Waals surface area contributed by atoms with Crippen molar-refractivity contribution in [3.63, 3.8) is 0 Å². The van der Waals surface area contributed by atoms with Crippen LogP contribution in [0.5, 0.6) is 11.5 Å². The van der Waals surface area contributed by atoms with Gasteiger partial charge in [-0.05, 0) is 36.8 Å². The second-order valence-corrected chi connectivity index (χ2v) is 6.19. The molecule has 0 bridgehead atoms. The Hall–Kier alpha value is -2.86. The predicted octanol–water partition coefficient (Wildman–Crippen LogP) is 4.25. The Morgan fingerprint density at radius 1 is 1.08 bits per heavy atom. The lowest BCUT2D eigenvalue weighted by atomic mass is 10.0. The normalized spacial score (nSPS) is 19.9. The van der Waals surface area contributed by atoms with Gasteiger partial charge in [-0.25, -0.2) is 0 Å². The van der Waals surface area contributed by atoms with Crippen LogP contribution in [0.3, 0.4) is 0 Å². The van der Waals surface area contributed by atoms with Crippen molar-refractivity contribution in [1.82, 2.24) is 5.06 Å². The lowest BCUT2D eigenvalue weighted by molar-refractivity contribution is -0.565. The highest BCUT2D eigenvalue weighted by Gasteiger charge is 2.55.